The number of aliphatic hydroxyl groups excluding tert-OH is 1. The number of ether oxygens (including phenoxy) is 1. The van der Waals surface area contributed by atoms with Gasteiger partial charge in [0, 0.05) is 16.5 Å². The topological polar surface area (TPSA) is 66.8 Å². The van der Waals surface area contributed by atoms with E-state index in [1.165, 1.54) is 11.3 Å². The zero-order chi connectivity index (χ0) is 26.1. The van der Waals surface area contributed by atoms with Crippen LogP contribution in [0.4, 0.5) is 14.5 Å². The molecule has 1 amide bonds. The van der Waals surface area contributed by atoms with E-state index in [-0.39, 0.29) is 11.3 Å². The molecule has 4 aromatic rings. The first-order chi connectivity index (χ1) is 17.8. The van der Waals surface area contributed by atoms with E-state index in [4.69, 9.17) is 4.74 Å². The SMILES string of the molecule is Cc1cc(/C(O)=C2/C(=O)C(=O)N(c3cc(F)ccc3F)C2c2cccs2)ccc1OCc1ccccc1. The molecule has 8 heteroatoms. The van der Waals surface area contributed by atoms with Crippen LogP contribution in [-0.2, 0) is 16.2 Å². The van der Waals surface area contributed by atoms with Crippen LogP contribution in [0.2, 0.25) is 0 Å². The van der Waals surface area contributed by atoms with E-state index in [9.17, 15) is 23.5 Å². The second-order valence-electron chi connectivity index (χ2n) is 8.53. The Bertz CT molecular complexity index is 1520. The highest BCUT2D eigenvalue weighted by molar-refractivity contribution is 7.10. The van der Waals surface area contributed by atoms with Crippen molar-refractivity contribution >= 4 is 34.5 Å². The van der Waals surface area contributed by atoms with Crippen molar-refractivity contribution in [2.45, 2.75) is 19.6 Å². The number of ketones is 1. The van der Waals surface area contributed by atoms with Gasteiger partial charge in [0.15, 0.2) is 0 Å². The Hall–Kier alpha value is -4.30. The third-order valence-electron chi connectivity index (χ3n) is 6.11. The fraction of sp³-hybridized carbons (Fsp3) is 0.103. The van der Waals surface area contributed by atoms with Crippen LogP contribution in [0.15, 0.2) is 89.8 Å². The molecular formula is C29H21F2NO4S. The summed E-state index contributed by atoms with van der Waals surface area (Å²) in [6, 6.07) is 19.5. The molecule has 37 heavy (non-hydrogen) atoms. The minimum absolute atomic E-state index is 0.200. The number of nitrogens with zero attached hydrogens (tertiary/aromatic N) is 1. The number of rotatable bonds is 6. The zero-order valence-corrected chi connectivity index (χ0v) is 20.5. The van der Waals surface area contributed by atoms with Crippen LogP contribution in [0.5, 0.6) is 5.75 Å². The smallest absolute Gasteiger partial charge is 0.300 e. The van der Waals surface area contributed by atoms with Crippen molar-refractivity contribution in [3.8, 4) is 5.75 Å². The number of benzene rings is 3. The van der Waals surface area contributed by atoms with E-state index < -0.39 is 35.1 Å². The van der Waals surface area contributed by atoms with E-state index in [0.717, 1.165) is 28.7 Å². The van der Waals surface area contributed by atoms with Gasteiger partial charge in [0.05, 0.1) is 11.3 Å². The normalized spacial score (nSPS) is 16.8. The summed E-state index contributed by atoms with van der Waals surface area (Å²) in [7, 11) is 0. The molecule has 0 saturated carbocycles. The summed E-state index contributed by atoms with van der Waals surface area (Å²) >= 11 is 1.23. The number of aryl methyl sites for hydroxylation is 1. The van der Waals surface area contributed by atoms with Gasteiger partial charge in [0.1, 0.15) is 35.8 Å². The second kappa shape index (κ2) is 9.99. The van der Waals surface area contributed by atoms with E-state index in [1.807, 2.05) is 30.3 Å². The molecule has 1 fully saturated rings. The highest BCUT2D eigenvalue weighted by Crippen LogP contribution is 2.44. The minimum atomic E-state index is -1.12. The molecule has 1 atom stereocenters. The van der Waals surface area contributed by atoms with E-state index in [2.05, 4.69) is 0 Å². The Labute approximate surface area is 215 Å². The molecule has 5 rings (SSSR count). The van der Waals surface area contributed by atoms with Gasteiger partial charge in [-0.15, -0.1) is 11.3 Å². The van der Waals surface area contributed by atoms with Crippen molar-refractivity contribution in [3.63, 3.8) is 0 Å². The van der Waals surface area contributed by atoms with E-state index in [0.29, 0.717) is 28.4 Å². The Morgan fingerprint density at radius 2 is 1.78 bits per heavy atom. The maximum Gasteiger partial charge on any atom is 0.300 e. The number of halogens is 2. The number of carbonyl (C=O) groups excluding carboxylic acids is 2. The van der Waals surface area contributed by atoms with Gasteiger partial charge in [-0.3, -0.25) is 14.5 Å². The molecule has 0 aliphatic carbocycles. The number of amides is 1. The van der Waals surface area contributed by atoms with Crippen LogP contribution in [-0.4, -0.2) is 16.8 Å². The molecule has 1 aliphatic heterocycles. The van der Waals surface area contributed by atoms with Gasteiger partial charge in [-0.2, -0.15) is 0 Å². The lowest BCUT2D eigenvalue weighted by Gasteiger charge is -2.24. The van der Waals surface area contributed by atoms with Gasteiger partial charge in [0.2, 0.25) is 0 Å². The lowest BCUT2D eigenvalue weighted by Crippen LogP contribution is -2.30. The molecule has 2 heterocycles. The highest BCUT2D eigenvalue weighted by atomic mass is 32.1. The first kappa shape index (κ1) is 24.4. The van der Waals surface area contributed by atoms with Crippen molar-refractivity contribution in [1.29, 1.82) is 0 Å². The number of hydrogen-bond acceptors (Lipinski definition) is 5. The Balaban J connectivity index is 1.55. The maximum atomic E-state index is 14.7. The molecule has 5 nitrogen and oxygen atoms in total. The number of Topliss-reactive ketones (excluding diaryl/α,β-unsaturated/α-hetero) is 1. The maximum absolute atomic E-state index is 14.7. The van der Waals surface area contributed by atoms with Crippen molar-refractivity contribution in [1.82, 2.24) is 0 Å². The molecule has 1 aliphatic rings. The Morgan fingerprint density at radius 1 is 1.00 bits per heavy atom. The Kier molecular flexibility index (Phi) is 6.58. The average Bonchev–Trinajstić information content (AvgIpc) is 3.52. The van der Waals surface area contributed by atoms with Crippen molar-refractivity contribution < 1.29 is 28.2 Å². The zero-order valence-electron chi connectivity index (χ0n) is 19.7. The highest BCUT2D eigenvalue weighted by Gasteiger charge is 2.48. The quantitative estimate of drug-likeness (QED) is 0.179. The molecule has 1 aromatic heterocycles. The summed E-state index contributed by atoms with van der Waals surface area (Å²) in [5.41, 5.74) is 1.42. The van der Waals surface area contributed by atoms with Crippen LogP contribution < -0.4 is 9.64 Å². The summed E-state index contributed by atoms with van der Waals surface area (Å²) in [5.74, 6) is -3.47. The molecule has 0 spiro atoms. The summed E-state index contributed by atoms with van der Waals surface area (Å²) in [6.45, 7) is 2.16. The largest absolute Gasteiger partial charge is 0.507 e. The second-order valence-corrected chi connectivity index (χ2v) is 9.51. The Morgan fingerprint density at radius 3 is 2.49 bits per heavy atom. The molecular weight excluding hydrogens is 496 g/mol. The third kappa shape index (κ3) is 4.63. The summed E-state index contributed by atoms with van der Waals surface area (Å²) in [4.78, 5) is 27.7. The lowest BCUT2D eigenvalue weighted by atomic mass is 9.98. The molecule has 186 valence electrons. The van der Waals surface area contributed by atoms with Crippen LogP contribution in [0.3, 0.4) is 0 Å². The molecule has 1 unspecified atom stereocenters. The standard InChI is InChI=1S/C29H21F2NO4S/c1-17-14-19(9-12-23(17)36-16-18-6-3-2-4-7-18)27(33)25-26(24-8-5-13-37-24)32(29(35)28(25)34)22-15-20(30)10-11-21(22)31/h2-15,26,33H,16H2,1H3/b27-25-. The fourth-order valence-corrected chi connectivity index (χ4v) is 5.14. The predicted octanol–water partition coefficient (Wildman–Crippen LogP) is 6.54. The molecule has 3 aromatic carbocycles. The fourth-order valence-electron chi connectivity index (χ4n) is 4.32. The van der Waals surface area contributed by atoms with Crippen LogP contribution in [0.25, 0.3) is 5.76 Å². The summed E-state index contributed by atoms with van der Waals surface area (Å²) < 4.78 is 34.6. The lowest BCUT2D eigenvalue weighted by molar-refractivity contribution is -0.132. The number of aliphatic hydroxyl groups is 1. The van der Waals surface area contributed by atoms with Gasteiger partial charge >= 0.3 is 0 Å². The number of anilines is 1. The van der Waals surface area contributed by atoms with Crippen LogP contribution in [0, 0.1) is 18.6 Å². The monoisotopic (exact) mass is 517 g/mol. The molecule has 0 radical (unpaired) electrons. The van der Waals surface area contributed by atoms with Gasteiger partial charge in [0.25, 0.3) is 11.7 Å². The number of carbonyl (C=O) groups is 2. The predicted molar refractivity (Wildman–Crippen MR) is 137 cm³/mol. The number of hydrogen-bond donors (Lipinski definition) is 1. The summed E-state index contributed by atoms with van der Waals surface area (Å²) in [5, 5.41) is 13.0. The van der Waals surface area contributed by atoms with Crippen molar-refractivity contribution in [2.24, 2.45) is 0 Å². The van der Waals surface area contributed by atoms with E-state index in [1.54, 1.807) is 42.6 Å². The van der Waals surface area contributed by atoms with Crippen LogP contribution >= 0.6 is 11.3 Å². The van der Waals surface area contributed by atoms with Crippen molar-refractivity contribution in [3.05, 3.63) is 123 Å². The van der Waals surface area contributed by atoms with Gasteiger partial charge in [-0.05, 0) is 59.8 Å². The number of thiophene rings is 1. The molecule has 1 N–H and O–H groups in total. The minimum Gasteiger partial charge on any atom is -0.507 e. The van der Waals surface area contributed by atoms with E-state index >= 15 is 0 Å². The van der Waals surface area contributed by atoms with Crippen molar-refractivity contribution in [2.75, 3.05) is 4.90 Å². The first-order valence-electron chi connectivity index (χ1n) is 11.4. The average molecular weight is 518 g/mol. The van der Waals surface area contributed by atoms with Gasteiger partial charge in [-0.1, -0.05) is 36.4 Å². The first-order valence-corrected chi connectivity index (χ1v) is 12.3. The van der Waals surface area contributed by atoms with Crippen LogP contribution in [0.1, 0.15) is 27.6 Å². The molecule has 0 bridgehead atoms. The third-order valence-corrected chi connectivity index (χ3v) is 7.04. The molecule has 1 saturated heterocycles. The van der Waals surface area contributed by atoms with Gasteiger partial charge in [-0.25, -0.2) is 8.78 Å². The van der Waals surface area contributed by atoms with Gasteiger partial charge < -0.3 is 9.84 Å². The summed E-state index contributed by atoms with van der Waals surface area (Å²) in [6.07, 6.45) is 0.